The molecule has 21 heavy (non-hydrogen) atoms. The number of nitrogens with zero attached hydrogens (tertiary/aromatic N) is 1. The summed E-state index contributed by atoms with van der Waals surface area (Å²) < 4.78 is 0. The van der Waals surface area contributed by atoms with Gasteiger partial charge in [-0.2, -0.15) is 0 Å². The molecule has 0 spiro atoms. The van der Waals surface area contributed by atoms with Crippen molar-refractivity contribution in [2.75, 3.05) is 0 Å². The Kier molecular flexibility index (Phi) is 3.36. The maximum absolute atomic E-state index is 12.6. The number of carbonyl (C=O) groups excluding carboxylic acids is 2. The van der Waals surface area contributed by atoms with Crippen molar-refractivity contribution in [1.29, 1.82) is 0 Å². The van der Waals surface area contributed by atoms with Crippen LogP contribution in [-0.2, 0) is 16.1 Å². The quantitative estimate of drug-likeness (QED) is 0.236. The molecule has 0 saturated carbocycles. The zero-order chi connectivity index (χ0) is 15.0. The molecular formula is C15H17N3O3. The summed E-state index contributed by atoms with van der Waals surface area (Å²) in [6.07, 6.45) is 3.02. The van der Waals surface area contributed by atoms with Crippen LogP contribution >= 0.6 is 0 Å². The Balaban J connectivity index is 1.85. The first-order valence-electron chi connectivity index (χ1n) is 6.83. The number of benzene rings is 1. The number of hydrogen-bond acceptors (Lipinski definition) is 5. The van der Waals surface area contributed by atoms with E-state index >= 15 is 0 Å². The van der Waals surface area contributed by atoms with Crippen LogP contribution in [0.3, 0.4) is 0 Å². The zero-order valence-electron chi connectivity index (χ0n) is 11.5. The summed E-state index contributed by atoms with van der Waals surface area (Å²) in [4.78, 5) is 24.1. The molecule has 1 aliphatic carbocycles. The highest BCUT2D eigenvalue weighted by Gasteiger charge is 2.41. The molecule has 4 N–H and O–H groups in total. The van der Waals surface area contributed by atoms with E-state index in [0.29, 0.717) is 6.54 Å². The van der Waals surface area contributed by atoms with Crippen molar-refractivity contribution in [1.82, 2.24) is 10.3 Å². The standard InChI is InChI=1S/C15H17N3O3/c16-18(15(21)7-3-5-11(19)8-15)14(20)13-12-6-2-1-4-10(12)9-17-13/h1-4,6-7,13,17,21H,5,8-9,16H2. The number of hydrogen-bond donors (Lipinski definition) is 3. The highest BCUT2D eigenvalue weighted by atomic mass is 16.3. The lowest BCUT2D eigenvalue weighted by Crippen LogP contribution is -2.58. The van der Waals surface area contributed by atoms with Gasteiger partial charge in [-0.15, -0.1) is 0 Å². The van der Waals surface area contributed by atoms with Gasteiger partial charge in [0.25, 0.3) is 5.91 Å². The molecule has 1 aliphatic heterocycles. The molecule has 0 saturated heterocycles. The van der Waals surface area contributed by atoms with E-state index in [1.165, 1.54) is 12.2 Å². The summed E-state index contributed by atoms with van der Waals surface area (Å²) >= 11 is 0. The molecule has 1 aromatic carbocycles. The molecule has 6 nitrogen and oxygen atoms in total. The van der Waals surface area contributed by atoms with Crippen LogP contribution in [0.2, 0.25) is 0 Å². The number of hydrazine groups is 1. The molecule has 6 heteroatoms. The molecule has 110 valence electrons. The van der Waals surface area contributed by atoms with Gasteiger partial charge in [0, 0.05) is 13.0 Å². The normalized spacial score (nSPS) is 27.5. The van der Waals surface area contributed by atoms with E-state index in [9.17, 15) is 14.7 Å². The first-order valence-corrected chi connectivity index (χ1v) is 6.83. The number of nitrogens with one attached hydrogen (secondary N) is 1. The largest absolute Gasteiger partial charge is 0.366 e. The van der Waals surface area contributed by atoms with Gasteiger partial charge in [-0.25, -0.2) is 10.9 Å². The van der Waals surface area contributed by atoms with Crippen molar-refractivity contribution in [3.63, 3.8) is 0 Å². The predicted octanol–water partition coefficient (Wildman–Crippen LogP) is 0.141. The molecule has 2 atom stereocenters. The van der Waals surface area contributed by atoms with Crippen LogP contribution in [0.5, 0.6) is 0 Å². The van der Waals surface area contributed by atoms with Gasteiger partial charge in [0.1, 0.15) is 11.8 Å². The van der Waals surface area contributed by atoms with Gasteiger partial charge in [-0.1, -0.05) is 30.3 Å². The van der Waals surface area contributed by atoms with E-state index < -0.39 is 17.7 Å². The minimum atomic E-state index is -1.74. The molecular weight excluding hydrogens is 270 g/mol. The van der Waals surface area contributed by atoms with E-state index in [-0.39, 0.29) is 18.6 Å². The lowest BCUT2D eigenvalue weighted by atomic mass is 9.96. The summed E-state index contributed by atoms with van der Waals surface area (Å²) in [6, 6.07) is 6.96. The third-order valence-electron chi connectivity index (χ3n) is 3.95. The van der Waals surface area contributed by atoms with E-state index in [1.807, 2.05) is 24.3 Å². The van der Waals surface area contributed by atoms with E-state index in [1.54, 1.807) is 0 Å². The van der Waals surface area contributed by atoms with Crippen molar-refractivity contribution in [3.05, 3.63) is 47.5 Å². The summed E-state index contributed by atoms with van der Waals surface area (Å²) in [7, 11) is 0. The number of carbonyl (C=O) groups is 2. The molecule has 1 heterocycles. The number of Topliss-reactive ketones (excluding diaryl/α,β-unsaturated/α-hetero) is 1. The second-order valence-electron chi connectivity index (χ2n) is 5.42. The number of fused-ring (bicyclic) bond motifs is 1. The number of aliphatic hydroxyl groups is 1. The number of allylic oxidation sites excluding steroid dienone is 1. The fraction of sp³-hybridized carbons (Fsp3) is 0.333. The Morgan fingerprint density at radius 3 is 2.95 bits per heavy atom. The fourth-order valence-electron chi connectivity index (χ4n) is 2.81. The lowest BCUT2D eigenvalue weighted by molar-refractivity contribution is -0.158. The summed E-state index contributed by atoms with van der Waals surface area (Å²) in [5.41, 5.74) is 0.144. The molecule has 0 fully saturated rings. The van der Waals surface area contributed by atoms with Gasteiger partial charge in [0.2, 0.25) is 0 Å². The summed E-state index contributed by atoms with van der Waals surface area (Å²) in [5.74, 6) is 5.21. The van der Waals surface area contributed by atoms with Crippen molar-refractivity contribution >= 4 is 11.7 Å². The Morgan fingerprint density at radius 1 is 1.43 bits per heavy atom. The van der Waals surface area contributed by atoms with Gasteiger partial charge in [0.15, 0.2) is 5.72 Å². The Bertz CT molecular complexity index is 628. The Hall–Kier alpha value is -2.02. The molecule has 2 aliphatic rings. The van der Waals surface area contributed by atoms with Crippen LogP contribution in [0.15, 0.2) is 36.4 Å². The minimum Gasteiger partial charge on any atom is -0.366 e. The van der Waals surface area contributed by atoms with Crippen molar-refractivity contribution in [2.24, 2.45) is 5.84 Å². The average molecular weight is 287 g/mol. The number of amides is 1. The molecule has 1 aromatic rings. The van der Waals surface area contributed by atoms with Crippen LogP contribution in [0, 0.1) is 0 Å². The van der Waals surface area contributed by atoms with E-state index in [0.717, 1.165) is 16.1 Å². The maximum atomic E-state index is 12.6. The summed E-state index contributed by atoms with van der Waals surface area (Å²) in [5, 5.41) is 14.3. The number of nitrogens with two attached hydrogens (primary N) is 1. The van der Waals surface area contributed by atoms with Crippen LogP contribution in [-0.4, -0.2) is 27.5 Å². The van der Waals surface area contributed by atoms with E-state index in [2.05, 4.69) is 5.32 Å². The molecule has 0 radical (unpaired) electrons. The first-order chi connectivity index (χ1) is 10.0. The van der Waals surface area contributed by atoms with Crippen LogP contribution in [0.25, 0.3) is 0 Å². The van der Waals surface area contributed by atoms with Crippen molar-refractivity contribution < 1.29 is 14.7 Å². The topological polar surface area (TPSA) is 95.7 Å². The molecule has 0 bridgehead atoms. The molecule has 0 aromatic heterocycles. The molecule has 3 rings (SSSR count). The van der Waals surface area contributed by atoms with Gasteiger partial charge < -0.3 is 5.11 Å². The number of rotatable bonds is 2. The zero-order valence-corrected chi connectivity index (χ0v) is 11.5. The molecule has 1 amide bonds. The van der Waals surface area contributed by atoms with Gasteiger partial charge in [0.05, 0.1) is 6.42 Å². The van der Waals surface area contributed by atoms with Crippen molar-refractivity contribution in [2.45, 2.75) is 31.2 Å². The highest BCUT2D eigenvalue weighted by molar-refractivity contribution is 5.87. The SMILES string of the molecule is NN(C(=O)C1NCc2ccccc21)C1(O)C=CCC(=O)C1. The second kappa shape index (κ2) is 5.07. The Morgan fingerprint density at radius 2 is 2.19 bits per heavy atom. The third-order valence-corrected chi connectivity index (χ3v) is 3.95. The smallest absolute Gasteiger partial charge is 0.261 e. The van der Waals surface area contributed by atoms with Gasteiger partial charge in [-0.05, 0) is 17.2 Å². The van der Waals surface area contributed by atoms with Crippen molar-refractivity contribution in [3.8, 4) is 0 Å². The number of ketones is 1. The minimum absolute atomic E-state index is 0.150. The van der Waals surface area contributed by atoms with E-state index in [4.69, 9.17) is 5.84 Å². The van der Waals surface area contributed by atoms with Gasteiger partial charge >= 0.3 is 0 Å². The van der Waals surface area contributed by atoms with Gasteiger partial charge in [-0.3, -0.25) is 14.9 Å². The average Bonchev–Trinajstić information content (AvgIpc) is 2.89. The van der Waals surface area contributed by atoms with Crippen LogP contribution in [0.4, 0.5) is 0 Å². The lowest BCUT2D eigenvalue weighted by Gasteiger charge is -2.36. The summed E-state index contributed by atoms with van der Waals surface area (Å²) in [6.45, 7) is 0.577. The monoisotopic (exact) mass is 287 g/mol. The second-order valence-corrected chi connectivity index (χ2v) is 5.42. The van der Waals surface area contributed by atoms with Crippen LogP contribution in [0.1, 0.15) is 30.0 Å². The highest BCUT2D eigenvalue weighted by Crippen LogP contribution is 2.29. The van der Waals surface area contributed by atoms with Crippen LogP contribution < -0.4 is 11.2 Å². The Labute approximate surface area is 122 Å². The maximum Gasteiger partial charge on any atom is 0.261 e. The third kappa shape index (κ3) is 2.37. The molecule has 2 unspecified atom stereocenters. The first kappa shape index (κ1) is 13.9. The fourth-order valence-corrected chi connectivity index (χ4v) is 2.81. The predicted molar refractivity (Wildman–Crippen MR) is 75.4 cm³/mol.